The molecule has 120 valence electrons. The molecule has 22 heavy (non-hydrogen) atoms. The Morgan fingerprint density at radius 1 is 1.32 bits per heavy atom. The lowest BCUT2D eigenvalue weighted by atomic mass is 10.1. The highest BCUT2D eigenvalue weighted by Crippen LogP contribution is 2.29. The van der Waals surface area contributed by atoms with Gasteiger partial charge in [0.2, 0.25) is 0 Å². The van der Waals surface area contributed by atoms with Crippen molar-refractivity contribution in [2.45, 2.75) is 25.9 Å². The molecule has 1 aliphatic carbocycles. The summed E-state index contributed by atoms with van der Waals surface area (Å²) in [5.74, 6) is 0.671. The van der Waals surface area contributed by atoms with E-state index >= 15 is 0 Å². The average Bonchev–Trinajstić information content (AvgIpc) is 3.22. The third-order valence-corrected chi connectivity index (χ3v) is 4.51. The van der Waals surface area contributed by atoms with Crippen LogP contribution in [0.15, 0.2) is 18.2 Å². The van der Waals surface area contributed by atoms with Crippen molar-refractivity contribution in [1.82, 2.24) is 4.90 Å². The first-order valence-corrected chi connectivity index (χ1v) is 8.03. The molecule has 2 fully saturated rings. The van der Waals surface area contributed by atoms with Crippen molar-refractivity contribution in [2.24, 2.45) is 17.6 Å². The van der Waals surface area contributed by atoms with Crippen LogP contribution >= 0.6 is 0 Å². The first-order valence-electron chi connectivity index (χ1n) is 8.03. The summed E-state index contributed by atoms with van der Waals surface area (Å²) in [4.78, 5) is 14.3. The lowest BCUT2D eigenvalue weighted by Crippen LogP contribution is -2.30. The summed E-state index contributed by atoms with van der Waals surface area (Å²) in [6.07, 6.45) is 3.36. The second-order valence-electron chi connectivity index (χ2n) is 6.41. The van der Waals surface area contributed by atoms with Gasteiger partial charge in [-0.2, -0.15) is 0 Å². The summed E-state index contributed by atoms with van der Waals surface area (Å²) < 4.78 is 19.4. The Morgan fingerprint density at radius 3 is 2.82 bits per heavy atom. The van der Waals surface area contributed by atoms with Gasteiger partial charge in [-0.05, 0) is 55.8 Å². The molecule has 3 rings (SSSR count). The van der Waals surface area contributed by atoms with Crippen LogP contribution in [0.25, 0.3) is 0 Å². The van der Waals surface area contributed by atoms with Crippen molar-refractivity contribution in [2.75, 3.05) is 26.2 Å². The quantitative estimate of drug-likeness (QED) is 0.876. The minimum atomic E-state index is -0.311. The normalized spacial score (nSPS) is 21.4. The predicted octanol–water partition coefficient (Wildman–Crippen LogP) is 2.17. The molecule has 1 heterocycles. The zero-order valence-corrected chi connectivity index (χ0v) is 12.8. The van der Waals surface area contributed by atoms with E-state index in [4.69, 9.17) is 10.5 Å². The van der Waals surface area contributed by atoms with E-state index in [0.717, 1.165) is 13.0 Å². The summed E-state index contributed by atoms with van der Waals surface area (Å²) >= 11 is 0. The molecule has 1 aromatic carbocycles. The largest absolute Gasteiger partial charge is 0.376 e. The Balaban J connectivity index is 1.63. The van der Waals surface area contributed by atoms with E-state index in [1.54, 1.807) is 17.0 Å². The topological polar surface area (TPSA) is 55.6 Å². The van der Waals surface area contributed by atoms with Gasteiger partial charge in [0.1, 0.15) is 5.82 Å². The number of carbonyl (C=O) groups excluding carboxylic acids is 1. The zero-order valence-electron chi connectivity index (χ0n) is 12.8. The van der Waals surface area contributed by atoms with E-state index in [1.807, 2.05) is 0 Å². The molecule has 1 saturated carbocycles. The second-order valence-corrected chi connectivity index (χ2v) is 6.41. The van der Waals surface area contributed by atoms with E-state index in [9.17, 15) is 9.18 Å². The maximum absolute atomic E-state index is 13.8. The van der Waals surface area contributed by atoms with Gasteiger partial charge in [-0.15, -0.1) is 0 Å². The molecular weight excluding hydrogens is 283 g/mol. The molecule has 5 heteroatoms. The number of halogens is 1. The summed E-state index contributed by atoms with van der Waals surface area (Å²) in [5.41, 5.74) is 6.65. The van der Waals surface area contributed by atoms with Gasteiger partial charge in [0.25, 0.3) is 5.91 Å². The van der Waals surface area contributed by atoms with Crippen LogP contribution in [0, 0.1) is 17.7 Å². The number of rotatable bonds is 6. The smallest absolute Gasteiger partial charge is 0.253 e. The van der Waals surface area contributed by atoms with Gasteiger partial charge in [0.05, 0.1) is 6.61 Å². The van der Waals surface area contributed by atoms with Gasteiger partial charge >= 0.3 is 0 Å². The van der Waals surface area contributed by atoms with Gasteiger partial charge < -0.3 is 15.4 Å². The Morgan fingerprint density at radius 2 is 2.14 bits per heavy atom. The van der Waals surface area contributed by atoms with Gasteiger partial charge in [0, 0.05) is 30.8 Å². The molecule has 0 bridgehead atoms. The number of likely N-dealkylation sites (tertiary alicyclic amines) is 1. The number of ether oxygens (including phenoxy) is 1. The van der Waals surface area contributed by atoms with Crippen molar-refractivity contribution in [3.05, 3.63) is 35.1 Å². The van der Waals surface area contributed by atoms with Crippen LogP contribution in [0.4, 0.5) is 4.39 Å². The summed E-state index contributed by atoms with van der Waals surface area (Å²) in [6.45, 7) is 2.94. The fourth-order valence-corrected chi connectivity index (χ4v) is 2.83. The molecule has 1 saturated heterocycles. The molecule has 4 nitrogen and oxygen atoms in total. The number of amides is 1. The van der Waals surface area contributed by atoms with Gasteiger partial charge in [-0.1, -0.05) is 0 Å². The first-order chi connectivity index (χ1) is 10.7. The molecule has 2 aliphatic rings. The molecular formula is C17H23FN2O2. The lowest BCUT2D eigenvalue weighted by molar-refractivity contribution is 0.0786. The maximum Gasteiger partial charge on any atom is 0.253 e. The Kier molecular flexibility index (Phi) is 4.74. The highest BCUT2D eigenvalue weighted by molar-refractivity contribution is 5.94. The van der Waals surface area contributed by atoms with E-state index in [1.165, 1.54) is 18.9 Å². The van der Waals surface area contributed by atoms with E-state index in [2.05, 4.69) is 0 Å². The van der Waals surface area contributed by atoms with Crippen LogP contribution in [-0.4, -0.2) is 37.0 Å². The minimum Gasteiger partial charge on any atom is -0.376 e. The van der Waals surface area contributed by atoms with Crippen LogP contribution in [0.5, 0.6) is 0 Å². The van der Waals surface area contributed by atoms with Crippen LogP contribution in [0.1, 0.15) is 35.2 Å². The SMILES string of the molecule is NC[C@@H]1CCN(C(=O)c2ccc(F)c(COCC3CC3)c2)C1. The molecule has 1 aliphatic heterocycles. The van der Waals surface area contributed by atoms with Crippen molar-refractivity contribution in [3.63, 3.8) is 0 Å². The second kappa shape index (κ2) is 6.75. The monoisotopic (exact) mass is 306 g/mol. The number of benzene rings is 1. The Bertz CT molecular complexity index is 545. The molecule has 0 spiro atoms. The van der Waals surface area contributed by atoms with Crippen LogP contribution in [0.3, 0.4) is 0 Å². The van der Waals surface area contributed by atoms with E-state index in [-0.39, 0.29) is 18.3 Å². The number of carbonyl (C=O) groups is 1. The maximum atomic E-state index is 13.8. The molecule has 1 aromatic rings. The van der Waals surface area contributed by atoms with Crippen LogP contribution in [0.2, 0.25) is 0 Å². The third kappa shape index (κ3) is 3.65. The van der Waals surface area contributed by atoms with Crippen molar-refractivity contribution in [1.29, 1.82) is 0 Å². The summed E-state index contributed by atoms with van der Waals surface area (Å²) in [6, 6.07) is 4.54. The molecule has 0 aromatic heterocycles. The predicted molar refractivity (Wildman–Crippen MR) is 81.8 cm³/mol. The standard InChI is InChI=1S/C17H23FN2O2/c18-16-4-3-14(7-15(16)11-22-10-12-1-2-12)17(21)20-6-5-13(8-19)9-20/h3-4,7,12-13H,1-2,5-6,8-11,19H2/t13-/m0/s1. The summed E-state index contributed by atoms with van der Waals surface area (Å²) in [7, 11) is 0. The fraction of sp³-hybridized carbons (Fsp3) is 0.588. The molecule has 2 N–H and O–H groups in total. The van der Waals surface area contributed by atoms with E-state index in [0.29, 0.717) is 42.7 Å². The van der Waals surface area contributed by atoms with Crippen LogP contribution < -0.4 is 5.73 Å². The van der Waals surface area contributed by atoms with Crippen molar-refractivity contribution in [3.8, 4) is 0 Å². The lowest BCUT2D eigenvalue weighted by Gasteiger charge is -2.17. The number of nitrogens with zero attached hydrogens (tertiary/aromatic N) is 1. The number of hydrogen-bond donors (Lipinski definition) is 1. The Hall–Kier alpha value is -1.46. The molecule has 1 amide bonds. The highest BCUT2D eigenvalue weighted by Gasteiger charge is 2.26. The average molecular weight is 306 g/mol. The van der Waals surface area contributed by atoms with Crippen LogP contribution in [-0.2, 0) is 11.3 Å². The number of hydrogen-bond acceptors (Lipinski definition) is 3. The zero-order chi connectivity index (χ0) is 15.5. The Labute approximate surface area is 130 Å². The van der Waals surface area contributed by atoms with Gasteiger partial charge in [-0.3, -0.25) is 4.79 Å². The van der Waals surface area contributed by atoms with Gasteiger partial charge in [-0.25, -0.2) is 4.39 Å². The van der Waals surface area contributed by atoms with Gasteiger partial charge in [0.15, 0.2) is 0 Å². The summed E-state index contributed by atoms with van der Waals surface area (Å²) in [5, 5.41) is 0. The number of nitrogens with two attached hydrogens (primary N) is 1. The minimum absolute atomic E-state index is 0.0422. The molecule has 0 unspecified atom stereocenters. The molecule has 0 radical (unpaired) electrons. The highest BCUT2D eigenvalue weighted by atomic mass is 19.1. The fourth-order valence-electron chi connectivity index (χ4n) is 2.83. The van der Waals surface area contributed by atoms with E-state index < -0.39 is 0 Å². The molecule has 1 atom stereocenters. The first kappa shape index (κ1) is 15.4. The van der Waals surface area contributed by atoms with Crippen molar-refractivity contribution < 1.29 is 13.9 Å². The third-order valence-electron chi connectivity index (χ3n) is 4.51. The van der Waals surface area contributed by atoms with Crippen molar-refractivity contribution >= 4 is 5.91 Å².